The second-order valence-corrected chi connectivity index (χ2v) is 3.83. The molecule has 82 valence electrons. The summed E-state index contributed by atoms with van der Waals surface area (Å²) >= 11 is 11.8. The second kappa shape index (κ2) is 5.35. The first kappa shape index (κ1) is 12.3. The molecule has 0 atom stereocenters. The summed E-state index contributed by atoms with van der Waals surface area (Å²) in [5.41, 5.74) is 0.770. The standard InChI is InChI=1S/C10H11Cl2NO2/c1-6-8(11)3-7(4-9(6)12)15-10(14)5-13-2/h3-4,13H,5H2,1-2H3. The Labute approximate surface area is 98.3 Å². The molecule has 0 heterocycles. The van der Waals surface area contributed by atoms with Gasteiger partial charge in [0.2, 0.25) is 0 Å². The highest BCUT2D eigenvalue weighted by molar-refractivity contribution is 6.36. The summed E-state index contributed by atoms with van der Waals surface area (Å²) in [6, 6.07) is 3.13. The largest absolute Gasteiger partial charge is 0.425 e. The lowest BCUT2D eigenvalue weighted by Crippen LogP contribution is -2.23. The van der Waals surface area contributed by atoms with Crippen molar-refractivity contribution in [1.82, 2.24) is 5.32 Å². The molecule has 0 radical (unpaired) electrons. The van der Waals surface area contributed by atoms with Crippen molar-refractivity contribution < 1.29 is 9.53 Å². The fourth-order valence-corrected chi connectivity index (χ4v) is 1.46. The van der Waals surface area contributed by atoms with E-state index in [0.717, 1.165) is 5.56 Å². The Balaban J connectivity index is 2.83. The van der Waals surface area contributed by atoms with Gasteiger partial charge in [0.1, 0.15) is 5.75 Å². The van der Waals surface area contributed by atoms with Crippen LogP contribution in [0.1, 0.15) is 5.56 Å². The number of likely N-dealkylation sites (N-methyl/N-ethyl adjacent to an activating group) is 1. The Kier molecular flexibility index (Phi) is 4.39. The fraction of sp³-hybridized carbons (Fsp3) is 0.300. The van der Waals surface area contributed by atoms with Gasteiger partial charge >= 0.3 is 5.97 Å². The Bertz CT molecular complexity index is 357. The lowest BCUT2D eigenvalue weighted by atomic mass is 10.2. The molecule has 1 aromatic rings. The maximum atomic E-state index is 11.1. The van der Waals surface area contributed by atoms with E-state index < -0.39 is 0 Å². The van der Waals surface area contributed by atoms with Crippen LogP contribution in [0.15, 0.2) is 12.1 Å². The van der Waals surface area contributed by atoms with Crippen LogP contribution in [-0.2, 0) is 4.79 Å². The molecule has 0 fully saturated rings. The van der Waals surface area contributed by atoms with Gasteiger partial charge in [-0.05, 0) is 31.7 Å². The fourth-order valence-electron chi connectivity index (χ4n) is 0.993. The third-order valence-electron chi connectivity index (χ3n) is 1.81. The summed E-state index contributed by atoms with van der Waals surface area (Å²) in [5.74, 6) is -0.0238. The van der Waals surface area contributed by atoms with E-state index in [1.165, 1.54) is 0 Å². The Hall–Kier alpha value is -0.770. The molecule has 3 nitrogen and oxygen atoms in total. The molecule has 1 rings (SSSR count). The van der Waals surface area contributed by atoms with E-state index in [0.29, 0.717) is 15.8 Å². The van der Waals surface area contributed by atoms with E-state index in [-0.39, 0.29) is 12.5 Å². The molecular formula is C10H11Cl2NO2. The minimum atomic E-state index is -0.381. The summed E-state index contributed by atoms with van der Waals surface area (Å²) in [5, 5.41) is 3.65. The third kappa shape index (κ3) is 3.38. The third-order valence-corrected chi connectivity index (χ3v) is 2.59. The number of ether oxygens (including phenoxy) is 1. The zero-order valence-corrected chi connectivity index (χ0v) is 9.95. The molecule has 0 unspecified atom stereocenters. The van der Waals surface area contributed by atoms with Crippen molar-refractivity contribution in [2.24, 2.45) is 0 Å². The summed E-state index contributed by atoms with van der Waals surface area (Å²) in [4.78, 5) is 11.1. The number of nitrogens with one attached hydrogen (secondary N) is 1. The summed E-state index contributed by atoms with van der Waals surface area (Å²) in [6.45, 7) is 1.94. The van der Waals surface area contributed by atoms with Gasteiger partial charge in [-0.15, -0.1) is 0 Å². The number of halogens is 2. The lowest BCUT2D eigenvalue weighted by Gasteiger charge is -2.07. The van der Waals surface area contributed by atoms with Gasteiger partial charge in [-0.25, -0.2) is 0 Å². The molecule has 0 aliphatic carbocycles. The second-order valence-electron chi connectivity index (χ2n) is 3.02. The molecular weight excluding hydrogens is 237 g/mol. The van der Waals surface area contributed by atoms with Crippen molar-refractivity contribution >= 4 is 29.2 Å². The molecule has 0 aromatic heterocycles. The van der Waals surface area contributed by atoms with Gasteiger partial charge < -0.3 is 10.1 Å². The number of hydrogen-bond donors (Lipinski definition) is 1. The molecule has 0 bridgehead atoms. The zero-order valence-electron chi connectivity index (χ0n) is 8.43. The number of carbonyl (C=O) groups is 1. The van der Waals surface area contributed by atoms with Gasteiger partial charge in [-0.2, -0.15) is 0 Å². The SMILES string of the molecule is CNCC(=O)Oc1cc(Cl)c(C)c(Cl)c1. The minimum absolute atomic E-state index is 0.142. The molecule has 15 heavy (non-hydrogen) atoms. The Morgan fingerprint density at radius 2 is 1.93 bits per heavy atom. The van der Waals surface area contributed by atoms with Crippen LogP contribution >= 0.6 is 23.2 Å². The zero-order chi connectivity index (χ0) is 11.4. The number of benzene rings is 1. The van der Waals surface area contributed by atoms with Gasteiger partial charge in [0.25, 0.3) is 0 Å². The number of rotatable bonds is 3. The van der Waals surface area contributed by atoms with Gasteiger partial charge in [0.15, 0.2) is 0 Å². The van der Waals surface area contributed by atoms with E-state index in [4.69, 9.17) is 27.9 Å². The molecule has 1 aromatic carbocycles. The number of hydrogen-bond acceptors (Lipinski definition) is 3. The van der Waals surface area contributed by atoms with Crippen molar-refractivity contribution in [2.75, 3.05) is 13.6 Å². The van der Waals surface area contributed by atoms with Gasteiger partial charge in [-0.1, -0.05) is 23.2 Å². The van der Waals surface area contributed by atoms with Crippen LogP contribution in [0.4, 0.5) is 0 Å². The maximum absolute atomic E-state index is 11.1. The smallest absolute Gasteiger partial charge is 0.325 e. The van der Waals surface area contributed by atoms with E-state index in [2.05, 4.69) is 5.32 Å². The molecule has 0 aliphatic rings. The summed E-state index contributed by atoms with van der Waals surface area (Å²) < 4.78 is 5.00. The molecule has 0 saturated carbocycles. The minimum Gasteiger partial charge on any atom is -0.425 e. The predicted octanol–water partition coefficient (Wildman–Crippen LogP) is 2.43. The average molecular weight is 248 g/mol. The monoisotopic (exact) mass is 247 g/mol. The average Bonchev–Trinajstić information content (AvgIpc) is 2.14. The Morgan fingerprint density at radius 1 is 1.40 bits per heavy atom. The van der Waals surface area contributed by atoms with E-state index in [1.807, 2.05) is 0 Å². The quantitative estimate of drug-likeness (QED) is 0.659. The first-order valence-corrected chi connectivity index (χ1v) is 5.11. The van der Waals surface area contributed by atoms with Crippen molar-refractivity contribution in [2.45, 2.75) is 6.92 Å². The highest BCUT2D eigenvalue weighted by atomic mass is 35.5. The van der Waals surface area contributed by atoms with Crippen molar-refractivity contribution in [3.05, 3.63) is 27.7 Å². The number of esters is 1. The summed E-state index contributed by atoms with van der Waals surface area (Å²) in [7, 11) is 1.66. The van der Waals surface area contributed by atoms with Crippen LogP contribution in [0.25, 0.3) is 0 Å². The lowest BCUT2D eigenvalue weighted by molar-refractivity contribution is -0.133. The van der Waals surface area contributed by atoms with Crippen molar-refractivity contribution in [3.63, 3.8) is 0 Å². The predicted molar refractivity (Wildman–Crippen MR) is 60.8 cm³/mol. The highest BCUT2D eigenvalue weighted by Crippen LogP contribution is 2.29. The van der Waals surface area contributed by atoms with Crippen LogP contribution in [0.2, 0.25) is 10.0 Å². The van der Waals surface area contributed by atoms with Crippen molar-refractivity contribution in [3.8, 4) is 5.75 Å². The first-order valence-electron chi connectivity index (χ1n) is 4.35. The van der Waals surface area contributed by atoms with E-state index in [9.17, 15) is 4.79 Å². The summed E-state index contributed by atoms with van der Waals surface area (Å²) in [6.07, 6.45) is 0. The van der Waals surface area contributed by atoms with Gasteiger partial charge in [0.05, 0.1) is 6.54 Å². The highest BCUT2D eigenvalue weighted by Gasteiger charge is 2.08. The molecule has 0 amide bonds. The molecule has 0 spiro atoms. The van der Waals surface area contributed by atoms with E-state index in [1.54, 1.807) is 26.1 Å². The molecule has 0 saturated heterocycles. The van der Waals surface area contributed by atoms with Gasteiger partial charge in [0, 0.05) is 10.0 Å². The van der Waals surface area contributed by atoms with Crippen LogP contribution in [0, 0.1) is 6.92 Å². The van der Waals surface area contributed by atoms with Crippen LogP contribution in [0.3, 0.4) is 0 Å². The van der Waals surface area contributed by atoms with E-state index >= 15 is 0 Å². The Morgan fingerprint density at radius 3 is 2.40 bits per heavy atom. The maximum Gasteiger partial charge on any atom is 0.325 e. The van der Waals surface area contributed by atoms with Crippen molar-refractivity contribution in [1.29, 1.82) is 0 Å². The molecule has 1 N–H and O–H groups in total. The molecule has 0 aliphatic heterocycles. The first-order chi connectivity index (χ1) is 7.04. The van der Waals surface area contributed by atoms with Gasteiger partial charge in [-0.3, -0.25) is 4.79 Å². The molecule has 5 heteroatoms. The number of carbonyl (C=O) groups excluding carboxylic acids is 1. The van der Waals surface area contributed by atoms with Crippen LogP contribution in [-0.4, -0.2) is 19.6 Å². The normalized spacial score (nSPS) is 10.1. The van der Waals surface area contributed by atoms with Crippen LogP contribution in [0.5, 0.6) is 5.75 Å². The topological polar surface area (TPSA) is 38.3 Å². The van der Waals surface area contributed by atoms with Crippen LogP contribution < -0.4 is 10.1 Å².